The normalized spacial score (nSPS) is 10.8. The SMILES string of the molecule is CCOC(=O)c1ccc2cc3ccccc3cc2c1C(=O)OCC. The Morgan fingerprint density at radius 1 is 0.792 bits per heavy atom. The van der Waals surface area contributed by atoms with Crippen molar-refractivity contribution in [2.75, 3.05) is 13.2 Å². The number of hydrogen-bond acceptors (Lipinski definition) is 4. The molecule has 0 amide bonds. The molecule has 0 saturated heterocycles. The number of benzene rings is 3. The Balaban J connectivity index is 2.31. The van der Waals surface area contributed by atoms with Gasteiger partial charge in [0.25, 0.3) is 0 Å². The van der Waals surface area contributed by atoms with E-state index in [-0.39, 0.29) is 24.3 Å². The van der Waals surface area contributed by atoms with Crippen molar-refractivity contribution >= 4 is 33.5 Å². The maximum atomic E-state index is 12.5. The van der Waals surface area contributed by atoms with Crippen LogP contribution in [0.2, 0.25) is 0 Å². The first-order valence-electron chi connectivity index (χ1n) is 7.95. The molecule has 0 aromatic heterocycles. The molecule has 0 atom stereocenters. The second kappa shape index (κ2) is 6.71. The first-order chi connectivity index (χ1) is 11.7. The summed E-state index contributed by atoms with van der Waals surface area (Å²) in [4.78, 5) is 24.7. The van der Waals surface area contributed by atoms with Gasteiger partial charge in [-0.1, -0.05) is 30.3 Å². The Kier molecular flexibility index (Phi) is 4.47. The van der Waals surface area contributed by atoms with Crippen LogP contribution in [0.4, 0.5) is 0 Å². The molecule has 0 heterocycles. The van der Waals surface area contributed by atoms with Gasteiger partial charge in [-0.2, -0.15) is 0 Å². The molecule has 0 fully saturated rings. The summed E-state index contributed by atoms with van der Waals surface area (Å²) in [5.74, 6) is -1.03. The number of ether oxygens (including phenoxy) is 2. The van der Waals surface area contributed by atoms with Gasteiger partial charge in [0.1, 0.15) is 0 Å². The summed E-state index contributed by atoms with van der Waals surface area (Å²) >= 11 is 0. The number of carbonyl (C=O) groups is 2. The summed E-state index contributed by atoms with van der Waals surface area (Å²) in [5, 5.41) is 3.64. The first-order valence-corrected chi connectivity index (χ1v) is 7.95. The van der Waals surface area contributed by atoms with Crippen LogP contribution >= 0.6 is 0 Å². The topological polar surface area (TPSA) is 52.6 Å². The minimum Gasteiger partial charge on any atom is -0.462 e. The van der Waals surface area contributed by atoms with Gasteiger partial charge in [-0.25, -0.2) is 9.59 Å². The quantitative estimate of drug-likeness (QED) is 0.529. The fourth-order valence-electron chi connectivity index (χ4n) is 2.82. The molecule has 4 nitrogen and oxygen atoms in total. The lowest BCUT2D eigenvalue weighted by Gasteiger charge is -2.12. The lowest BCUT2D eigenvalue weighted by atomic mass is 9.96. The van der Waals surface area contributed by atoms with E-state index in [1.54, 1.807) is 19.9 Å². The molecule has 3 rings (SSSR count). The van der Waals surface area contributed by atoms with Crippen LogP contribution in [0.5, 0.6) is 0 Å². The molecule has 0 bridgehead atoms. The van der Waals surface area contributed by atoms with E-state index in [0.717, 1.165) is 16.2 Å². The summed E-state index contributed by atoms with van der Waals surface area (Å²) in [5.41, 5.74) is 0.497. The van der Waals surface area contributed by atoms with Gasteiger partial charge in [-0.05, 0) is 53.6 Å². The molecule has 0 saturated carbocycles. The van der Waals surface area contributed by atoms with E-state index in [0.29, 0.717) is 5.39 Å². The van der Waals surface area contributed by atoms with Crippen molar-refractivity contribution in [1.82, 2.24) is 0 Å². The van der Waals surface area contributed by atoms with E-state index < -0.39 is 11.9 Å². The second-order valence-corrected chi connectivity index (χ2v) is 5.35. The van der Waals surface area contributed by atoms with E-state index in [1.807, 2.05) is 42.5 Å². The molecular weight excluding hydrogens is 304 g/mol. The Labute approximate surface area is 140 Å². The van der Waals surface area contributed by atoms with Crippen LogP contribution in [0.1, 0.15) is 34.6 Å². The highest BCUT2D eigenvalue weighted by Crippen LogP contribution is 2.29. The highest BCUT2D eigenvalue weighted by molar-refractivity contribution is 6.15. The Bertz CT molecular complexity index is 927. The van der Waals surface area contributed by atoms with Gasteiger partial charge in [-0.15, -0.1) is 0 Å². The minimum atomic E-state index is -0.518. The largest absolute Gasteiger partial charge is 0.462 e. The lowest BCUT2D eigenvalue weighted by molar-refractivity contribution is 0.0481. The summed E-state index contributed by atoms with van der Waals surface area (Å²) in [6.07, 6.45) is 0. The molecule has 0 unspecified atom stereocenters. The third-order valence-electron chi connectivity index (χ3n) is 3.86. The molecule has 4 heteroatoms. The summed E-state index contributed by atoms with van der Waals surface area (Å²) in [7, 11) is 0. The van der Waals surface area contributed by atoms with E-state index in [2.05, 4.69) is 0 Å². The van der Waals surface area contributed by atoms with Crippen molar-refractivity contribution in [3.05, 3.63) is 59.7 Å². The number of carbonyl (C=O) groups excluding carboxylic acids is 2. The summed E-state index contributed by atoms with van der Waals surface area (Å²) in [6, 6.07) is 15.3. The Morgan fingerprint density at radius 3 is 2.08 bits per heavy atom. The van der Waals surface area contributed by atoms with Gasteiger partial charge in [0.05, 0.1) is 24.3 Å². The molecule has 0 spiro atoms. The van der Waals surface area contributed by atoms with Crippen LogP contribution in [0.3, 0.4) is 0 Å². The predicted octanol–water partition coefficient (Wildman–Crippen LogP) is 4.35. The molecule has 0 aliphatic carbocycles. The lowest BCUT2D eigenvalue weighted by Crippen LogP contribution is -2.14. The van der Waals surface area contributed by atoms with Gasteiger partial charge in [0, 0.05) is 0 Å². The van der Waals surface area contributed by atoms with Crippen LogP contribution in [0, 0.1) is 0 Å². The molecule has 0 N–H and O–H groups in total. The standard InChI is InChI=1S/C20H18O4/c1-3-23-19(21)16-10-9-15-11-13-7-5-6-8-14(13)12-17(15)18(16)20(22)24-4-2/h5-12H,3-4H2,1-2H3. The zero-order chi connectivity index (χ0) is 17.1. The smallest absolute Gasteiger partial charge is 0.339 e. The van der Waals surface area contributed by atoms with Gasteiger partial charge in [0.15, 0.2) is 0 Å². The number of esters is 2. The van der Waals surface area contributed by atoms with Crippen molar-refractivity contribution in [1.29, 1.82) is 0 Å². The fraction of sp³-hybridized carbons (Fsp3) is 0.200. The zero-order valence-electron chi connectivity index (χ0n) is 13.7. The van der Waals surface area contributed by atoms with Gasteiger partial charge < -0.3 is 9.47 Å². The molecule has 122 valence electrons. The van der Waals surface area contributed by atoms with Gasteiger partial charge >= 0.3 is 11.9 Å². The van der Waals surface area contributed by atoms with Gasteiger partial charge in [0.2, 0.25) is 0 Å². The van der Waals surface area contributed by atoms with E-state index in [1.165, 1.54) is 0 Å². The monoisotopic (exact) mass is 322 g/mol. The molecule has 0 aliphatic heterocycles. The van der Waals surface area contributed by atoms with E-state index in [9.17, 15) is 9.59 Å². The van der Waals surface area contributed by atoms with Crippen LogP contribution < -0.4 is 0 Å². The number of rotatable bonds is 4. The molecule has 3 aromatic rings. The van der Waals surface area contributed by atoms with Gasteiger partial charge in [-0.3, -0.25) is 0 Å². The Morgan fingerprint density at radius 2 is 1.42 bits per heavy atom. The van der Waals surface area contributed by atoms with E-state index in [4.69, 9.17) is 9.47 Å². The van der Waals surface area contributed by atoms with Crippen LogP contribution in [-0.4, -0.2) is 25.2 Å². The summed E-state index contributed by atoms with van der Waals surface area (Å²) in [6.45, 7) is 3.96. The average Bonchev–Trinajstić information content (AvgIpc) is 2.59. The van der Waals surface area contributed by atoms with Crippen molar-refractivity contribution < 1.29 is 19.1 Å². The zero-order valence-corrected chi connectivity index (χ0v) is 13.7. The van der Waals surface area contributed by atoms with Crippen molar-refractivity contribution in [3.63, 3.8) is 0 Å². The van der Waals surface area contributed by atoms with Crippen molar-refractivity contribution in [2.24, 2.45) is 0 Å². The van der Waals surface area contributed by atoms with Crippen molar-refractivity contribution in [2.45, 2.75) is 13.8 Å². The highest BCUT2D eigenvalue weighted by atomic mass is 16.5. The average molecular weight is 322 g/mol. The fourth-order valence-corrected chi connectivity index (χ4v) is 2.82. The van der Waals surface area contributed by atoms with Crippen LogP contribution in [0.15, 0.2) is 48.5 Å². The van der Waals surface area contributed by atoms with Crippen molar-refractivity contribution in [3.8, 4) is 0 Å². The molecule has 24 heavy (non-hydrogen) atoms. The Hall–Kier alpha value is -2.88. The third kappa shape index (κ3) is 2.83. The van der Waals surface area contributed by atoms with Crippen LogP contribution in [-0.2, 0) is 9.47 Å². The number of hydrogen-bond donors (Lipinski definition) is 0. The maximum Gasteiger partial charge on any atom is 0.339 e. The highest BCUT2D eigenvalue weighted by Gasteiger charge is 2.22. The molecule has 0 radical (unpaired) electrons. The molecule has 0 aliphatic rings. The summed E-state index contributed by atoms with van der Waals surface area (Å²) < 4.78 is 10.3. The third-order valence-corrected chi connectivity index (χ3v) is 3.86. The molecular formula is C20H18O4. The van der Waals surface area contributed by atoms with Crippen LogP contribution in [0.25, 0.3) is 21.5 Å². The molecule has 3 aromatic carbocycles. The second-order valence-electron chi connectivity index (χ2n) is 5.35. The van der Waals surface area contributed by atoms with E-state index >= 15 is 0 Å². The maximum absolute atomic E-state index is 12.5. The first kappa shape index (κ1) is 16.0. The number of fused-ring (bicyclic) bond motifs is 2. The predicted molar refractivity (Wildman–Crippen MR) is 93.4 cm³/mol. The minimum absolute atomic E-state index is 0.234.